The van der Waals surface area contributed by atoms with Crippen molar-refractivity contribution >= 4 is 28.9 Å². The van der Waals surface area contributed by atoms with Crippen molar-refractivity contribution in [1.29, 1.82) is 0 Å². The van der Waals surface area contributed by atoms with Crippen LogP contribution in [0.5, 0.6) is 0 Å². The topological polar surface area (TPSA) is 12.0 Å². The van der Waals surface area contributed by atoms with E-state index in [0.29, 0.717) is 16.5 Å². The van der Waals surface area contributed by atoms with Crippen LogP contribution in [0.2, 0.25) is 10.0 Å². The standard InChI is InChI=1S/C15H12Cl2F3N/c1-2-12(8-3-4-9(16)10(17)7-8)21-13-6-5-11(18)14(19)15(13)20/h3-7,12,21H,2H2,1H3. The molecule has 1 N–H and O–H groups in total. The van der Waals surface area contributed by atoms with Gasteiger partial charge in [-0.2, -0.15) is 0 Å². The van der Waals surface area contributed by atoms with Gasteiger partial charge in [-0.25, -0.2) is 13.2 Å². The predicted octanol–water partition coefficient (Wildman–Crippen LogP) is 5.97. The maximum absolute atomic E-state index is 13.7. The minimum absolute atomic E-state index is 0.105. The van der Waals surface area contributed by atoms with Crippen molar-refractivity contribution in [2.75, 3.05) is 5.32 Å². The molecule has 1 nitrogen and oxygen atoms in total. The van der Waals surface area contributed by atoms with E-state index in [0.717, 1.165) is 17.7 Å². The van der Waals surface area contributed by atoms with Crippen LogP contribution in [0.3, 0.4) is 0 Å². The van der Waals surface area contributed by atoms with Crippen LogP contribution in [0.25, 0.3) is 0 Å². The van der Waals surface area contributed by atoms with E-state index in [4.69, 9.17) is 23.2 Å². The van der Waals surface area contributed by atoms with Crippen LogP contribution in [-0.4, -0.2) is 0 Å². The van der Waals surface area contributed by atoms with Gasteiger partial charge in [0.1, 0.15) is 0 Å². The second-order valence-electron chi connectivity index (χ2n) is 4.50. The van der Waals surface area contributed by atoms with Crippen LogP contribution in [0.1, 0.15) is 24.9 Å². The van der Waals surface area contributed by atoms with Gasteiger partial charge in [0, 0.05) is 0 Å². The highest BCUT2D eigenvalue weighted by Gasteiger charge is 2.17. The molecule has 0 saturated carbocycles. The van der Waals surface area contributed by atoms with Gasteiger partial charge in [0.15, 0.2) is 17.5 Å². The molecule has 0 amide bonds. The first-order chi connectivity index (χ1) is 9.93. The maximum Gasteiger partial charge on any atom is 0.196 e. The van der Waals surface area contributed by atoms with Gasteiger partial charge in [0.2, 0.25) is 0 Å². The minimum Gasteiger partial charge on any atom is -0.376 e. The Morgan fingerprint density at radius 3 is 2.33 bits per heavy atom. The van der Waals surface area contributed by atoms with E-state index in [-0.39, 0.29) is 11.7 Å². The van der Waals surface area contributed by atoms with Gasteiger partial charge < -0.3 is 5.32 Å². The lowest BCUT2D eigenvalue weighted by molar-refractivity contribution is 0.448. The van der Waals surface area contributed by atoms with Crippen LogP contribution in [-0.2, 0) is 0 Å². The van der Waals surface area contributed by atoms with E-state index in [1.54, 1.807) is 18.2 Å². The largest absolute Gasteiger partial charge is 0.376 e. The van der Waals surface area contributed by atoms with Gasteiger partial charge in [-0.15, -0.1) is 0 Å². The first-order valence-corrected chi connectivity index (χ1v) is 7.04. The summed E-state index contributed by atoms with van der Waals surface area (Å²) in [5.74, 6) is -3.96. The molecule has 1 atom stereocenters. The molecule has 0 aliphatic heterocycles. The fourth-order valence-electron chi connectivity index (χ4n) is 1.98. The van der Waals surface area contributed by atoms with Crippen LogP contribution in [0.15, 0.2) is 30.3 Å². The monoisotopic (exact) mass is 333 g/mol. The summed E-state index contributed by atoms with van der Waals surface area (Å²) in [4.78, 5) is 0. The number of benzene rings is 2. The quantitative estimate of drug-likeness (QED) is 0.679. The number of halogens is 5. The Balaban J connectivity index is 2.31. The Bertz CT molecular complexity index is 662. The van der Waals surface area contributed by atoms with Crippen molar-refractivity contribution < 1.29 is 13.2 Å². The van der Waals surface area contributed by atoms with Crippen LogP contribution in [0.4, 0.5) is 18.9 Å². The van der Waals surface area contributed by atoms with Crippen molar-refractivity contribution in [2.45, 2.75) is 19.4 Å². The average molecular weight is 334 g/mol. The molecule has 6 heteroatoms. The first kappa shape index (κ1) is 16.0. The van der Waals surface area contributed by atoms with Gasteiger partial charge in [-0.1, -0.05) is 36.2 Å². The van der Waals surface area contributed by atoms with Gasteiger partial charge in [-0.3, -0.25) is 0 Å². The molecule has 0 spiro atoms. The summed E-state index contributed by atoms with van der Waals surface area (Å²) in [6.45, 7) is 1.87. The van der Waals surface area contributed by atoms with Crippen LogP contribution < -0.4 is 5.32 Å². The molecular weight excluding hydrogens is 322 g/mol. The molecule has 0 saturated heterocycles. The summed E-state index contributed by atoms with van der Waals surface area (Å²) >= 11 is 11.8. The molecule has 0 fully saturated rings. The summed E-state index contributed by atoms with van der Waals surface area (Å²) in [7, 11) is 0. The van der Waals surface area contributed by atoms with E-state index in [2.05, 4.69) is 5.32 Å². The molecule has 0 aliphatic rings. The van der Waals surface area contributed by atoms with E-state index in [9.17, 15) is 13.2 Å². The number of anilines is 1. The summed E-state index contributed by atoms with van der Waals surface area (Å²) in [6.07, 6.45) is 0.594. The number of nitrogens with one attached hydrogen (secondary N) is 1. The van der Waals surface area contributed by atoms with E-state index < -0.39 is 17.5 Å². The van der Waals surface area contributed by atoms with Gasteiger partial charge >= 0.3 is 0 Å². The maximum atomic E-state index is 13.7. The van der Waals surface area contributed by atoms with E-state index in [1.165, 1.54) is 0 Å². The molecule has 0 heterocycles. The zero-order valence-electron chi connectivity index (χ0n) is 11.1. The summed E-state index contributed by atoms with van der Waals surface area (Å²) in [5.41, 5.74) is 0.669. The summed E-state index contributed by atoms with van der Waals surface area (Å²) < 4.78 is 39.9. The van der Waals surface area contributed by atoms with Gasteiger partial charge in [0.25, 0.3) is 0 Å². The van der Waals surface area contributed by atoms with E-state index in [1.807, 2.05) is 6.92 Å². The lowest BCUT2D eigenvalue weighted by Crippen LogP contribution is -2.12. The third-order valence-corrected chi connectivity index (χ3v) is 3.86. The molecule has 0 bridgehead atoms. The average Bonchev–Trinajstić information content (AvgIpc) is 2.47. The molecule has 1 unspecified atom stereocenters. The molecule has 2 aromatic rings. The number of hydrogen-bond acceptors (Lipinski definition) is 1. The highest BCUT2D eigenvalue weighted by atomic mass is 35.5. The number of hydrogen-bond donors (Lipinski definition) is 1. The van der Waals surface area contributed by atoms with Crippen molar-refractivity contribution in [3.63, 3.8) is 0 Å². The second-order valence-corrected chi connectivity index (χ2v) is 5.32. The van der Waals surface area contributed by atoms with Crippen LogP contribution in [0, 0.1) is 17.5 Å². The Hall–Kier alpha value is -1.39. The number of rotatable bonds is 4. The SMILES string of the molecule is CCC(Nc1ccc(F)c(F)c1F)c1ccc(Cl)c(Cl)c1. The predicted molar refractivity (Wildman–Crippen MR) is 79.4 cm³/mol. The highest BCUT2D eigenvalue weighted by Crippen LogP contribution is 2.30. The third kappa shape index (κ3) is 3.44. The van der Waals surface area contributed by atoms with Crippen molar-refractivity contribution in [2.24, 2.45) is 0 Å². The van der Waals surface area contributed by atoms with Gasteiger partial charge in [-0.05, 0) is 36.2 Å². The third-order valence-electron chi connectivity index (χ3n) is 3.12. The minimum atomic E-state index is -1.50. The molecule has 112 valence electrons. The molecule has 21 heavy (non-hydrogen) atoms. The second kappa shape index (κ2) is 6.58. The van der Waals surface area contributed by atoms with Crippen LogP contribution >= 0.6 is 23.2 Å². The normalized spacial score (nSPS) is 12.3. The smallest absolute Gasteiger partial charge is 0.196 e. The fraction of sp³-hybridized carbons (Fsp3) is 0.200. The molecule has 2 aromatic carbocycles. The zero-order valence-corrected chi connectivity index (χ0v) is 12.6. The lowest BCUT2D eigenvalue weighted by atomic mass is 10.0. The zero-order chi connectivity index (χ0) is 15.6. The van der Waals surface area contributed by atoms with Gasteiger partial charge in [0.05, 0.1) is 21.8 Å². The summed E-state index contributed by atoms with van der Waals surface area (Å²) in [5, 5.41) is 3.63. The first-order valence-electron chi connectivity index (χ1n) is 6.29. The molecule has 0 radical (unpaired) electrons. The van der Waals surface area contributed by atoms with E-state index >= 15 is 0 Å². The molecule has 2 rings (SSSR count). The molecule has 0 aromatic heterocycles. The molecular formula is C15H12Cl2F3N. The summed E-state index contributed by atoms with van der Waals surface area (Å²) in [6, 6.07) is 6.76. The Labute approximate surface area is 130 Å². The van der Waals surface area contributed by atoms with Crippen molar-refractivity contribution in [3.8, 4) is 0 Å². The Morgan fingerprint density at radius 1 is 1.00 bits per heavy atom. The fourth-order valence-corrected chi connectivity index (χ4v) is 2.28. The Morgan fingerprint density at radius 2 is 1.71 bits per heavy atom. The highest BCUT2D eigenvalue weighted by molar-refractivity contribution is 6.42. The van der Waals surface area contributed by atoms with Crippen molar-refractivity contribution in [3.05, 3.63) is 63.4 Å². The Kier molecular flexibility index (Phi) is 5.01. The lowest BCUT2D eigenvalue weighted by Gasteiger charge is -2.20. The van der Waals surface area contributed by atoms with Crippen molar-refractivity contribution in [1.82, 2.24) is 0 Å². The molecule has 0 aliphatic carbocycles.